The van der Waals surface area contributed by atoms with Crippen LogP contribution in [0.15, 0.2) is 188 Å². The molecule has 13 heteroatoms. The van der Waals surface area contributed by atoms with Gasteiger partial charge in [0.1, 0.15) is 17.5 Å². The number of carboxylic acid groups (broad SMARTS) is 1. The summed E-state index contributed by atoms with van der Waals surface area (Å²) in [7, 11) is -0.399. The summed E-state index contributed by atoms with van der Waals surface area (Å²) in [5, 5.41) is 21.5. The van der Waals surface area contributed by atoms with Gasteiger partial charge in [0.25, 0.3) is 0 Å². The summed E-state index contributed by atoms with van der Waals surface area (Å²) < 4.78 is 51.5. The van der Waals surface area contributed by atoms with Gasteiger partial charge in [0.05, 0.1) is 22.5 Å². The van der Waals surface area contributed by atoms with Crippen LogP contribution in [0.3, 0.4) is 0 Å². The molecule has 0 atom stereocenters. The van der Waals surface area contributed by atoms with E-state index in [0.29, 0.717) is 11.4 Å². The van der Waals surface area contributed by atoms with E-state index in [9.17, 15) is 23.1 Å². The van der Waals surface area contributed by atoms with Gasteiger partial charge in [-0.1, -0.05) is 54.6 Å². The number of hydrogen-bond acceptors (Lipinski definition) is 6. The van der Waals surface area contributed by atoms with Crippen molar-refractivity contribution in [2.24, 2.45) is 0 Å². The molecule has 0 unspecified atom stereocenters. The number of rotatable bonds is 10. The summed E-state index contributed by atoms with van der Waals surface area (Å²) >= 11 is 0. The van der Waals surface area contributed by atoms with Crippen LogP contribution in [0.4, 0.5) is 47.3 Å². The molecule has 9 nitrogen and oxygen atoms in total. The van der Waals surface area contributed by atoms with Gasteiger partial charge >= 0.3 is 13.1 Å². The molecule has 3 heterocycles. The Morgan fingerprint density at radius 3 is 1.36 bits per heavy atom. The first-order valence-electron chi connectivity index (χ1n) is 24.2. The number of fused-ring (bicyclic) bond motifs is 2. The van der Waals surface area contributed by atoms with Crippen molar-refractivity contribution in [2.75, 3.05) is 16.0 Å². The highest BCUT2D eigenvalue weighted by molar-refractivity contribution is 6.62. The fraction of sp³-hybridized carbons (Fsp3) is 0.131. The molecule has 1 aliphatic rings. The van der Waals surface area contributed by atoms with Gasteiger partial charge in [-0.25, -0.2) is 18.0 Å². The Bertz CT molecular complexity index is 3580. The van der Waals surface area contributed by atoms with Crippen molar-refractivity contribution >= 4 is 74.5 Å². The van der Waals surface area contributed by atoms with Crippen LogP contribution in [0.25, 0.3) is 44.1 Å². The maximum Gasteiger partial charge on any atom is 0.494 e. The number of nitrogens with one attached hydrogen (secondary N) is 5. The predicted molar refractivity (Wildman–Crippen MR) is 295 cm³/mol. The average molecular weight is 990 g/mol. The fourth-order valence-electron chi connectivity index (χ4n) is 8.57. The minimum Gasteiger partial charge on any atom is -0.478 e. The quantitative estimate of drug-likeness (QED) is 0.0754. The van der Waals surface area contributed by atoms with Crippen molar-refractivity contribution in [3.05, 3.63) is 222 Å². The third-order valence-electron chi connectivity index (χ3n) is 13.5. The zero-order chi connectivity index (χ0) is 52.1. The Kier molecular flexibility index (Phi) is 14.5. The molecule has 8 aromatic carbocycles. The van der Waals surface area contributed by atoms with Crippen molar-refractivity contribution in [3.8, 4) is 22.3 Å². The number of carbonyl (C=O) groups is 1. The van der Waals surface area contributed by atoms with Crippen LogP contribution in [-0.2, 0) is 9.31 Å². The second-order valence-electron chi connectivity index (χ2n) is 19.1. The number of aromatic amines is 2. The molecule has 2 aromatic heterocycles. The molecular weight excluding hydrogens is 935 g/mol. The standard InChI is InChI=1S/C21H15FN2O2.C21H17FN2.C19H23BFNO2/c22-14-5-7-15(8-6-14)24-20-12-13(4-9-18(20)21(25)26)16-2-1-3-19-17(16)10-11-23-19;1-14-5-6-15(18-3-2-4-20-19(18)11-12-23-20)13-21(14)24-17-9-7-16(22)8-10-17;1-13-6-7-14(20-23-18(2,3)19(4,5)24-20)12-17(13)22-16-10-8-15(21)9-11-16/h1-12,23-24H,(H,25,26);2-13,23-24H,1H3;6-12,22H,1-5H3. The molecule has 1 aliphatic heterocycles. The van der Waals surface area contributed by atoms with Crippen molar-refractivity contribution in [1.82, 2.24) is 9.97 Å². The molecule has 6 N–H and O–H groups in total. The molecule has 11 rings (SSSR count). The Morgan fingerprint density at radius 1 is 0.500 bits per heavy atom. The maximum atomic E-state index is 13.1. The van der Waals surface area contributed by atoms with E-state index in [4.69, 9.17) is 9.31 Å². The number of anilines is 6. The summed E-state index contributed by atoms with van der Waals surface area (Å²) in [6.07, 6.45) is 3.83. The SMILES string of the molecule is Cc1ccc(-c2cccc3[nH]ccc23)cc1Nc1ccc(F)cc1.Cc1ccc(B2OC(C)(C)C(C)(C)O2)cc1Nc1ccc(F)cc1.O=C(O)c1ccc(-c2cccc3[nH]ccc23)cc1Nc1ccc(F)cc1. The summed E-state index contributed by atoms with van der Waals surface area (Å²) in [4.78, 5) is 18.0. The monoisotopic (exact) mass is 989 g/mol. The van der Waals surface area contributed by atoms with E-state index in [1.807, 2.05) is 89.5 Å². The van der Waals surface area contributed by atoms with Crippen LogP contribution in [0.2, 0.25) is 0 Å². The highest BCUT2D eigenvalue weighted by Gasteiger charge is 2.51. The van der Waals surface area contributed by atoms with Crippen molar-refractivity contribution in [1.29, 1.82) is 0 Å². The number of aromatic nitrogens is 2. The molecule has 372 valence electrons. The zero-order valence-corrected chi connectivity index (χ0v) is 41.8. The maximum absolute atomic E-state index is 13.1. The van der Waals surface area contributed by atoms with Gasteiger partial charge in [-0.05, 0) is 202 Å². The third kappa shape index (κ3) is 11.4. The van der Waals surface area contributed by atoms with Crippen LogP contribution in [0, 0.1) is 31.3 Å². The minimum absolute atomic E-state index is 0.152. The molecule has 0 spiro atoms. The highest BCUT2D eigenvalue weighted by Crippen LogP contribution is 2.38. The summed E-state index contributed by atoms with van der Waals surface area (Å²) in [6, 6.07) is 52.4. The Hall–Kier alpha value is -8.52. The van der Waals surface area contributed by atoms with E-state index in [2.05, 4.69) is 75.3 Å². The van der Waals surface area contributed by atoms with Gasteiger partial charge in [0.2, 0.25) is 0 Å². The zero-order valence-electron chi connectivity index (χ0n) is 41.8. The molecular formula is C61H55BF3N5O4. The van der Waals surface area contributed by atoms with E-state index in [1.54, 1.807) is 54.6 Å². The topological polar surface area (TPSA) is 123 Å². The number of halogens is 3. The first kappa shape index (κ1) is 50.4. The highest BCUT2D eigenvalue weighted by atomic mass is 19.1. The van der Waals surface area contributed by atoms with Gasteiger partial charge in [0.15, 0.2) is 0 Å². The third-order valence-corrected chi connectivity index (χ3v) is 13.5. The van der Waals surface area contributed by atoms with E-state index < -0.39 is 13.1 Å². The van der Waals surface area contributed by atoms with Crippen LogP contribution < -0.4 is 21.4 Å². The van der Waals surface area contributed by atoms with Gasteiger partial charge in [0, 0.05) is 62.6 Å². The number of H-pyrrole nitrogens is 2. The molecule has 1 saturated heterocycles. The van der Waals surface area contributed by atoms with E-state index >= 15 is 0 Å². The lowest BCUT2D eigenvalue weighted by atomic mass is 9.78. The normalized spacial score (nSPS) is 13.4. The first-order chi connectivity index (χ1) is 35.5. The van der Waals surface area contributed by atoms with Crippen molar-refractivity contribution in [3.63, 3.8) is 0 Å². The molecule has 1 fully saturated rings. The Labute approximate surface area is 428 Å². The molecule has 0 saturated carbocycles. The van der Waals surface area contributed by atoms with Crippen molar-refractivity contribution < 1.29 is 32.4 Å². The van der Waals surface area contributed by atoms with E-state index in [-0.39, 0.29) is 34.2 Å². The van der Waals surface area contributed by atoms with E-state index in [1.165, 1.54) is 47.3 Å². The molecule has 0 radical (unpaired) electrons. The van der Waals surface area contributed by atoms with Crippen LogP contribution in [0.1, 0.15) is 49.2 Å². The van der Waals surface area contributed by atoms with E-state index in [0.717, 1.165) is 72.4 Å². The first-order valence-corrected chi connectivity index (χ1v) is 24.2. The average Bonchev–Trinajstić information content (AvgIpc) is 4.13. The molecule has 0 bridgehead atoms. The van der Waals surface area contributed by atoms with Crippen LogP contribution in [-0.4, -0.2) is 39.4 Å². The lowest BCUT2D eigenvalue weighted by Crippen LogP contribution is -2.41. The second kappa shape index (κ2) is 21.3. The van der Waals surface area contributed by atoms with Gasteiger partial charge < -0.3 is 40.3 Å². The number of aromatic carboxylic acids is 1. The van der Waals surface area contributed by atoms with Crippen molar-refractivity contribution in [2.45, 2.75) is 52.7 Å². The summed E-state index contributed by atoms with van der Waals surface area (Å²) in [5.41, 5.74) is 13.7. The number of carboxylic acids is 1. The summed E-state index contributed by atoms with van der Waals surface area (Å²) in [5.74, 6) is -1.85. The minimum atomic E-state index is -1.03. The molecule has 0 aliphatic carbocycles. The smallest absolute Gasteiger partial charge is 0.478 e. The molecule has 10 aromatic rings. The summed E-state index contributed by atoms with van der Waals surface area (Å²) in [6.45, 7) is 12.3. The lowest BCUT2D eigenvalue weighted by molar-refractivity contribution is 0.00578. The number of benzene rings is 8. The second-order valence-corrected chi connectivity index (χ2v) is 19.1. The fourth-order valence-corrected chi connectivity index (χ4v) is 8.57. The van der Waals surface area contributed by atoms with Gasteiger partial charge in [-0.3, -0.25) is 0 Å². The van der Waals surface area contributed by atoms with Crippen LogP contribution >= 0.6 is 0 Å². The van der Waals surface area contributed by atoms with Crippen LogP contribution in [0.5, 0.6) is 0 Å². The Morgan fingerprint density at radius 2 is 0.905 bits per heavy atom. The predicted octanol–water partition coefficient (Wildman–Crippen LogP) is 15.6. The van der Waals surface area contributed by atoms with Gasteiger partial charge in [-0.15, -0.1) is 0 Å². The molecule has 0 amide bonds. The Balaban J connectivity index is 0.000000136. The lowest BCUT2D eigenvalue weighted by Gasteiger charge is -2.32. The largest absolute Gasteiger partial charge is 0.494 e. The number of hydrogen-bond donors (Lipinski definition) is 6. The molecule has 74 heavy (non-hydrogen) atoms. The van der Waals surface area contributed by atoms with Gasteiger partial charge in [-0.2, -0.15) is 0 Å². The number of aryl methyl sites for hydroxylation is 2.